The Labute approximate surface area is 355 Å². The Hall–Kier alpha value is -4.35. The summed E-state index contributed by atoms with van der Waals surface area (Å²) >= 11 is 11.1. The largest absolute Gasteiger partial charge is 0.431 e. The maximum Gasteiger partial charge on any atom is 0.431 e. The number of nitrogens with zero attached hydrogens (tertiary/aromatic N) is 3. The summed E-state index contributed by atoms with van der Waals surface area (Å²) in [6.45, 7) is 4.31. The van der Waals surface area contributed by atoms with Crippen molar-refractivity contribution in [1.29, 1.82) is 0 Å². The van der Waals surface area contributed by atoms with E-state index in [4.69, 9.17) is 23.1 Å². The summed E-state index contributed by atoms with van der Waals surface area (Å²) in [6, 6.07) is 12.1. The summed E-state index contributed by atoms with van der Waals surface area (Å²) in [5.41, 5.74) is 13.0. The average molecular weight is 863 g/mol. The summed E-state index contributed by atoms with van der Waals surface area (Å²) in [5.74, 6) is -1.59. The number of carbonyl (C=O) groups is 3. The average Bonchev–Trinajstić information content (AvgIpc) is 3.62. The van der Waals surface area contributed by atoms with Crippen LogP contribution in [0.2, 0.25) is 0 Å². The highest BCUT2D eigenvalue weighted by atomic mass is 35.5. The van der Waals surface area contributed by atoms with E-state index >= 15 is 0 Å². The number of aromatic amines is 1. The highest BCUT2D eigenvalue weighted by Crippen LogP contribution is 2.31. The van der Waals surface area contributed by atoms with Gasteiger partial charge in [0.1, 0.15) is 17.8 Å². The lowest BCUT2D eigenvalue weighted by Crippen LogP contribution is -2.57. The molecule has 0 saturated carbocycles. The van der Waals surface area contributed by atoms with Gasteiger partial charge < -0.3 is 42.2 Å². The molecule has 2 aromatic carbocycles. The highest BCUT2D eigenvalue weighted by Gasteiger charge is 2.38. The second-order valence-corrected chi connectivity index (χ2v) is 15.0. The number of aliphatic imine (C=N–C) groups is 1. The number of fused-ring (bicyclic) bond motifs is 1. The fourth-order valence-corrected chi connectivity index (χ4v) is 7.06. The van der Waals surface area contributed by atoms with Crippen molar-refractivity contribution < 1.29 is 27.6 Å². The molecule has 0 radical (unpaired) electrons. The Morgan fingerprint density at radius 2 is 1.63 bits per heavy atom. The number of likely N-dealkylation sites (N-methyl/N-ethyl adjacent to an activating group) is 2. The molecule has 0 bridgehead atoms. The van der Waals surface area contributed by atoms with Gasteiger partial charge in [-0.15, -0.1) is 12.6 Å². The summed E-state index contributed by atoms with van der Waals surface area (Å²) in [5, 5.41) is 9.73. The molecule has 3 aromatic rings. The second kappa shape index (κ2) is 24.7. The van der Waals surface area contributed by atoms with Crippen LogP contribution in [0.15, 0.2) is 87.1 Å². The fraction of sp³-hybridized carbons (Fsp3) is 0.476. The Morgan fingerprint density at radius 3 is 2.29 bits per heavy atom. The molecule has 12 nitrogen and oxygen atoms in total. The minimum atomic E-state index is -4.72. The Balaban J connectivity index is 2.00. The van der Waals surface area contributed by atoms with Gasteiger partial charge >= 0.3 is 6.18 Å². The number of hydrogen-bond donors (Lipinski definition) is 7. The first-order valence-electron chi connectivity index (χ1n) is 19.9. The summed E-state index contributed by atoms with van der Waals surface area (Å²) in [6.07, 6.45) is 1.74. The monoisotopic (exact) mass is 861 g/mol. The first kappa shape index (κ1) is 49.0. The number of para-hydroxylation sites is 1. The van der Waals surface area contributed by atoms with Crippen molar-refractivity contribution in [2.75, 3.05) is 40.3 Å². The van der Waals surface area contributed by atoms with Crippen LogP contribution >= 0.6 is 24.2 Å². The van der Waals surface area contributed by atoms with Gasteiger partial charge in [-0.2, -0.15) is 13.2 Å². The molecule has 8 N–H and O–H groups in total. The molecular weight excluding hydrogens is 803 g/mol. The van der Waals surface area contributed by atoms with Crippen molar-refractivity contribution >= 4 is 59.1 Å². The smallest absolute Gasteiger partial charge is 0.361 e. The van der Waals surface area contributed by atoms with Gasteiger partial charge in [-0.3, -0.25) is 19.4 Å². The number of unbranched alkanes of at least 4 members (excludes halogenated alkanes) is 1. The van der Waals surface area contributed by atoms with Crippen molar-refractivity contribution in [2.45, 2.75) is 94.5 Å². The van der Waals surface area contributed by atoms with Crippen LogP contribution in [-0.2, 0) is 27.3 Å². The number of halogens is 4. The topological polar surface area (TPSA) is 174 Å². The van der Waals surface area contributed by atoms with Crippen LogP contribution in [0, 0.1) is 0 Å². The van der Waals surface area contributed by atoms with E-state index in [1.807, 2.05) is 48.5 Å². The fourth-order valence-electron chi connectivity index (χ4n) is 6.56. The summed E-state index contributed by atoms with van der Waals surface area (Å²) in [4.78, 5) is 53.1. The van der Waals surface area contributed by atoms with E-state index in [0.29, 0.717) is 51.9 Å². The molecule has 3 atom stereocenters. The van der Waals surface area contributed by atoms with Crippen molar-refractivity contribution in [1.82, 2.24) is 30.7 Å². The first-order valence-corrected chi connectivity index (χ1v) is 20.7. The van der Waals surface area contributed by atoms with Crippen LogP contribution < -0.4 is 27.4 Å². The third kappa shape index (κ3) is 14.7. The van der Waals surface area contributed by atoms with Gasteiger partial charge in [0.05, 0.1) is 23.3 Å². The molecule has 0 aliphatic heterocycles. The zero-order valence-corrected chi connectivity index (χ0v) is 35.9. The van der Waals surface area contributed by atoms with Crippen molar-refractivity contribution in [3.8, 4) is 0 Å². The number of alkyl halides is 3. The maximum atomic E-state index is 14.6. The lowest BCUT2D eigenvalue weighted by atomic mass is 10.0. The number of nitrogens with two attached hydrogens (primary N) is 2. The zero-order valence-electron chi connectivity index (χ0n) is 34.2. The number of allylic oxidation sites excluding steroid dienone is 3. The molecular formula is C42H59ClF3N9O3S. The first-order chi connectivity index (χ1) is 28.2. The number of hydrogen-bond acceptors (Lipinski definition) is 9. The number of thiol groups is 1. The van der Waals surface area contributed by atoms with Gasteiger partial charge in [0.2, 0.25) is 17.7 Å². The maximum absolute atomic E-state index is 14.6. The molecule has 0 spiro atoms. The lowest BCUT2D eigenvalue weighted by molar-refractivity contribution is -0.142. The molecule has 0 unspecified atom stereocenters. The van der Waals surface area contributed by atoms with E-state index in [9.17, 15) is 27.6 Å². The minimum absolute atomic E-state index is 0.0365. The quantitative estimate of drug-likeness (QED) is 0.0340. The number of amides is 3. The summed E-state index contributed by atoms with van der Waals surface area (Å²) < 4.78 is 42.7. The van der Waals surface area contributed by atoms with Crippen molar-refractivity contribution in [2.24, 2.45) is 16.5 Å². The Kier molecular flexibility index (Phi) is 20.5. The normalized spacial score (nSPS) is 14.2. The van der Waals surface area contributed by atoms with Gasteiger partial charge in [-0.1, -0.05) is 61.0 Å². The van der Waals surface area contributed by atoms with Crippen molar-refractivity contribution in [3.63, 3.8) is 0 Å². The van der Waals surface area contributed by atoms with E-state index in [0.717, 1.165) is 37.9 Å². The Bertz CT molecular complexity index is 1920. The van der Waals surface area contributed by atoms with Crippen LogP contribution in [0.3, 0.4) is 0 Å². The molecule has 324 valence electrons. The molecule has 0 fully saturated rings. The highest BCUT2D eigenvalue weighted by molar-refractivity contribution is 7.80. The predicted octanol–water partition coefficient (Wildman–Crippen LogP) is 5.78. The van der Waals surface area contributed by atoms with Crippen LogP contribution in [0.4, 0.5) is 13.2 Å². The molecule has 0 saturated heterocycles. The lowest BCUT2D eigenvalue weighted by Gasteiger charge is -2.32. The number of nitrogens with one attached hydrogen (secondary N) is 4. The molecule has 1 heterocycles. The molecule has 0 aliphatic carbocycles. The van der Waals surface area contributed by atoms with Gasteiger partial charge in [0.25, 0.3) is 0 Å². The van der Waals surface area contributed by atoms with E-state index < -0.39 is 54.3 Å². The molecule has 3 amide bonds. The van der Waals surface area contributed by atoms with E-state index in [2.05, 4.69) is 38.6 Å². The molecule has 3 rings (SSSR count). The van der Waals surface area contributed by atoms with Gasteiger partial charge in [-0.25, -0.2) is 0 Å². The zero-order chi connectivity index (χ0) is 43.5. The van der Waals surface area contributed by atoms with Gasteiger partial charge in [-0.05, 0) is 81.8 Å². The molecule has 0 aliphatic rings. The number of benzene rings is 2. The Morgan fingerprint density at radius 1 is 0.949 bits per heavy atom. The SMILES string of the molecule is CC/C=C(\N(C)/C(CNC(=O)[C@H](Cc1c[nH]c2ccccc12)N(C)C(=O)[C@H](CCCCN)NC(=O)[C@H](CCCN)NCc1ccccc1S)=C(Cl)\C=N/CC)C(F)(F)F. The number of rotatable bonds is 24. The van der Waals surface area contributed by atoms with Gasteiger partial charge in [0.15, 0.2) is 0 Å². The number of carbonyl (C=O) groups excluding carboxylic acids is 3. The van der Waals surface area contributed by atoms with Crippen molar-refractivity contribution in [3.05, 3.63) is 88.4 Å². The van der Waals surface area contributed by atoms with E-state index in [1.165, 1.54) is 25.2 Å². The van der Waals surface area contributed by atoms with Crippen LogP contribution in [0.5, 0.6) is 0 Å². The van der Waals surface area contributed by atoms with Crippen LogP contribution in [0.1, 0.15) is 63.5 Å². The van der Waals surface area contributed by atoms with E-state index in [-0.39, 0.29) is 30.0 Å². The molecule has 1 aromatic heterocycles. The number of H-pyrrole nitrogens is 1. The molecule has 59 heavy (non-hydrogen) atoms. The summed E-state index contributed by atoms with van der Waals surface area (Å²) in [7, 11) is 2.70. The number of aromatic nitrogens is 1. The minimum Gasteiger partial charge on any atom is -0.361 e. The predicted molar refractivity (Wildman–Crippen MR) is 233 cm³/mol. The van der Waals surface area contributed by atoms with Crippen LogP contribution in [-0.4, -0.2) is 103 Å². The molecule has 17 heteroatoms. The van der Waals surface area contributed by atoms with Crippen LogP contribution in [0.25, 0.3) is 10.9 Å². The van der Waals surface area contributed by atoms with Gasteiger partial charge in [0, 0.05) is 61.8 Å². The second-order valence-electron chi connectivity index (χ2n) is 14.1. The third-order valence-electron chi connectivity index (χ3n) is 9.86. The third-order valence-corrected chi connectivity index (χ3v) is 10.6. The standard InChI is InChI=1S/C42H59ClF3N9O3S/c1-5-14-38(42(44,45)46)54(3)36(31(43)26-49-6-2)27-52-40(57)35(23-29-25-50-32-17-9-8-16-30(29)32)55(4)41(58)34(18-11-12-21-47)53-39(56)33(19-13-22-48)51-24-28-15-7-10-20-37(28)59/h7-10,14-17,20,25-26,33-35,50-51,59H,5-6,11-13,18-19,21-24,27,47-48H2,1-4H3,(H,52,57)(H,53,56)/b36-31+,38-14-,49-26-/t33-,34-,35-/m0/s1. The van der Waals surface area contributed by atoms with E-state index in [1.54, 1.807) is 20.0 Å².